The van der Waals surface area contributed by atoms with Gasteiger partial charge in [-0.25, -0.2) is 4.98 Å². The van der Waals surface area contributed by atoms with Crippen molar-refractivity contribution in [2.24, 2.45) is 0 Å². The van der Waals surface area contributed by atoms with E-state index in [2.05, 4.69) is 28.6 Å². The fourth-order valence-corrected chi connectivity index (χ4v) is 2.24. The number of nitrogens with zero attached hydrogens (tertiary/aromatic N) is 3. The van der Waals surface area contributed by atoms with Crippen molar-refractivity contribution in [3.8, 4) is 0 Å². The first kappa shape index (κ1) is 15.2. The number of rotatable bonds is 11. The second-order valence-electron chi connectivity index (χ2n) is 5.12. The summed E-state index contributed by atoms with van der Waals surface area (Å²) in [5.74, 6) is 1.18. The molecule has 0 radical (unpaired) electrons. The van der Waals surface area contributed by atoms with Crippen molar-refractivity contribution in [1.29, 1.82) is 0 Å². The molecule has 0 saturated heterocycles. The fraction of sp³-hybridized carbons (Fsp3) is 0.867. The Morgan fingerprint density at radius 1 is 0.889 bits per heavy atom. The Hall–Kier alpha value is -0.860. The molecule has 0 amide bonds. The van der Waals surface area contributed by atoms with E-state index >= 15 is 0 Å². The predicted molar refractivity (Wildman–Crippen MR) is 76.6 cm³/mol. The molecule has 0 unspecified atom stereocenters. The monoisotopic (exact) mass is 251 g/mol. The minimum absolute atomic E-state index is 1.05. The lowest BCUT2D eigenvalue weighted by molar-refractivity contribution is 0.505. The molecule has 0 fully saturated rings. The van der Waals surface area contributed by atoms with Crippen molar-refractivity contribution >= 4 is 0 Å². The lowest BCUT2D eigenvalue weighted by atomic mass is 10.1. The van der Waals surface area contributed by atoms with Gasteiger partial charge >= 0.3 is 0 Å². The molecular weight excluding hydrogens is 222 g/mol. The molecule has 0 aliphatic heterocycles. The van der Waals surface area contributed by atoms with Gasteiger partial charge in [-0.05, 0) is 12.8 Å². The first-order valence-corrected chi connectivity index (χ1v) is 7.75. The van der Waals surface area contributed by atoms with Gasteiger partial charge in [0.1, 0.15) is 12.2 Å². The third-order valence-electron chi connectivity index (χ3n) is 3.42. The fourth-order valence-electron chi connectivity index (χ4n) is 2.24. The summed E-state index contributed by atoms with van der Waals surface area (Å²) in [6.45, 7) is 5.55. The van der Waals surface area contributed by atoms with Crippen LogP contribution in [-0.4, -0.2) is 14.8 Å². The highest BCUT2D eigenvalue weighted by Crippen LogP contribution is 2.08. The SMILES string of the molecule is CCCCCCCCn1ncnc1CCCCC. The normalized spacial score (nSPS) is 11.0. The van der Waals surface area contributed by atoms with Crippen LogP contribution in [0.5, 0.6) is 0 Å². The molecule has 0 bridgehead atoms. The molecule has 3 heteroatoms. The van der Waals surface area contributed by atoms with Crippen molar-refractivity contribution in [1.82, 2.24) is 14.8 Å². The molecule has 0 aromatic carbocycles. The molecule has 1 aromatic rings. The van der Waals surface area contributed by atoms with Crippen molar-refractivity contribution in [2.45, 2.75) is 84.6 Å². The molecule has 0 aliphatic rings. The molecule has 0 N–H and O–H groups in total. The van der Waals surface area contributed by atoms with Crippen LogP contribution in [0, 0.1) is 0 Å². The Morgan fingerprint density at radius 2 is 1.56 bits per heavy atom. The van der Waals surface area contributed by atoms with Crippen LogP contribution in [0.15, 0.2) is 6.33 Å². The zero-order valence-electron chi connectivity index (χ0n) is 12.2. The Bertz CT molecular complexity index is 294. The Labute approximate surface area is 112 Å². The van der Waals surface area contributed by atoms with Gasteiger partial charge in [-0.3, -0.25) is 4.68 Å². The van der Waals surface area contributed by atoms with Gasteiger partial charge in [0.2, 0.25) is 0 Å². The molecule has 0 spiro atoms. The van der Waals surface area contributed by atoms with Crippen molar-refractivity contribution in [3.05, 3.63) is 12.2 Å². The van der Waals surface area contributed by atoms with Crippen LogP contribution in [0.2, 0.25) is 0 Å². The summed E-state index contributed by atoms with van der Waals surface area (Å²) < 4.78 is 2.11. The van der Waals surface area contributed by atoms with E-state index < -0.39 is 0 Å². The van der Waals surface area contributed by atoms with Crippen molar-refractivity contribution in [2.75, 3.05) is 0 Å². The number of unbranched alkanes of at least 4 members (excludes halogenated alkanes) is 7. The highest BCUT2D eigenvalue weighted by molar-refractivity contribution is 4.84. The average molecular weight is 251 g/mol. The van der Waals surface area contributed by atoms with Crippen LogP contribution in [0.1, 0.15) is 77.5 Å². The molecule has 1 aromatic heterocycles. The maximum absolute atomic E-state index is 4.37. The zero-order chi connectivity index (χ0) is 13.1. The molecule has 0 saturated carbocycles. The molecule has 104 valence electrons. The highest BCUT2D eigenvalue weighted by atomic mass is 15.3. The number of aryl methyl sites for hydroxylation is 2. The second-order valence-corrected chi connectivity index (χ2v) is 5.12. The van der Waals surface area contributed by atoms with Gasteiger partial charge in [0, 0.05) is 13.0 Å². The number of aromatic nitrogens is 3. The Balaban J connectivity index is 2.15. The summed E-state index contributed by atoms with van der Waals surface area (Å²) in [4.78, 5) is 4.37. The second kappa shape index (κ2) is 10.1. The maximum atomic E-state index is 4.37. The first-order valence-electron chi connectivity index (χ1n) is 7.75. The minimum atomic E-state index is 1.05. The highest BCUT2D eigenvalue weighted by Gasteiger charge is 2.03. The van der Waals surface area contributed by atoms with Crippen LogP contribution in [0.4, 0.5) is 0 Å². The quantitative estimate of drug-likeness (QED) is 0.547. The molecule has 0 aliphatic carbocycles. The van der Waals surface area contributed by atoms with E-state index in [1.54, 1.807) is 6.33 Å². The molecular formula is C15H29N3. The van der Waals surface area contributed by atoms with Crippen molar-refractivity contribution < 1.29 is 0 Å². The molecule has 3 nitrogen and oxygen atoms in total. The summed E-state index contributed by atoms with van der Waals surface area (Å²) >= 11 is 0. The predicted octanol–water partition coefficient (Wildman–Crippen LogP) is 4.37. The summed E-state index contributed by atoms with van der Waals surface area (Å²) in [5.41, 5.74) is 0. The molecule has 0 atom stereocenters. The lowest BCUT2D eigenvalue weighted by Crippen LogP contribution is -2.06. The van der Waals surface area contributed by atoms with Gasteiger partial charge in [-0.15, -0.1) is 0 Å². The summed E-state index contributed by atoms with van der Waals surface area (Å²) in [6.07, 6.45) is 14.6. The Kier molecular flexibility index (Phi) is 8.53. The third-order valence-corrected chi connectivity index (χ3v) is 3.42. The third kappa shape index (κ3) is 6.18. The first-order chi connectivity index (χ1) is 8.88. The van der Waals surface area contributed by atoms with Crippen LogP contribution in [0.3, 0.4) is 0 Å². The standard InChI is InChI=1S/C15H29N3/c1-3-5-7-8-9-11-13-18-15(16-14-17-18)12-10-6-4-2/h14H,3-13H2,1-2H3. The van der Waals surface area contributed by atoms with E-state index in [1.165, 1.54) is 63.6 Å². The van der Waals surface area contributed by atoms with E-state index in [0.717, 1.165) is 13.0 Å². The van der Waals surface area contributed by atoms with Crippen LogP contribution < -0.4 is 0 Å². The summed E-state index contributed by atoms with van der Waals surface area (Å²) in [6, 6.07) is 0. The van der Waals surface area contributed by atoms with E-state index in [-0.39, 0.29) is 0 Å². The van der Waals surface area contributed by atoms with E-state index in [0.29, 0.717) is 0 Å². The van der Waals surface area contributed by atoms with Crippen LogP contribution in [0.25, 0.3) is 0 Å². The van der Waals surface area contributed by atoms with Gasteiger partial charge in [-0.1, -0.05) is 58.8 Å². The van der Waals surface area contributed by atoms with Gasteiger partial charge in [0.15, 0.2) is 0 Å². The molecule has 18 heavy (non-hydrogen) atoms. The van der Waals surface area contributed by atoms with Gasteiger partial charge in [0.05, 0.1) is 0 Å². The van der Waals surface area contributed by atoms with Gasteiger partial charge in [-0.2, -0.15) is 5.10 Å². The van der Waals surface area contributed by atoms with E-state index in [9.17, 15) is 0 Å². The average Bonchev–Trinajstić information content (AvgIpc) is 2.82. The summed E-state index contributed by atoms with van der Waals surface area (Å²) in [5, 5.41) is 4.33. The van der Waals surface area contributed by atoms with E-state index in [1.807, 2.05) is 0 Å². The minimum Gasteiger partial charge on any atom is -0.250 e. The molecule has 1 rings (SSSR count). The zero-order valence-corrected chi connectivity index (χ0v) is 12.2. The number of hydrogen-bond donors (Lipinski definition) is 0. The smallest absolute Gasteiger partial charge is 0.138 e. The number of hydrogen-bond acceptors (Lipinski definition) is 2. The van der Waals surface area contributed by atoms with E-state index in [4.69, 9.17) is 0 Å². The summed E-state index contributed by atoms with van der Waals surface area (Å²) in [7, 11) is 0. The topological polar surface area (TPSA) is 30.7 Å². The lowest BCUT2D eigenvalue weighted by Gasteiger charge is -2.05. The largest absolute Gasteiger partial charge is 0.250 e. The van der Waals surface area contributed by atoms with Gasteiger partial charge in [0.25, 0.3) is 0 Å². The van der Waals surface area contributed by atoms with Crippen LogP contribution in [-0.2, 0) is 13.0 Å². The Morgan fingerprint density at radius 3 is 2.33 bits per heavy atom. The maximum Gasteiger partial charge on any atom is 0.138 e. The van der Waals surface area contributed by atoms with Gasteiger partial charge < -0.3 is 0 Å². The van der Waals surface area contributed by atoms with Crippen molar-refractivity contribution in [3.63, 3.8) is 0 Å². The molecule has 1 heterocycles. The van der Waals surface area contributed by atoms with Crippen LogP contribution >= 0.6 is 0 Å².